The van der Waals surface area contributed by atoms with Crippen molar-refractivity contribution in [2.75, 3.05) is 19.6 Å². The molecular weight excluding hydrogens is 337 g/mol. The maximum atomic E-state index is 13.0. The molecule has 1 aliphatic rings. The fraction of sp³-hybridized carbons (Fsp3) is 0.474. The maximum absolute atomic E-state index is 13.0. The van der Waals surface area contributed by atoms with Crippen LogP contribution in [0, 0.1) is 18.7 Å². The Hall–Kier alpha value is -1.79. The molecule has 1 amide bonds. The highest BCUT2D eigenvalue weighted by Crippen LogP contribution is 2.21. The number of nitrogens with one attached hydrogen (secondary N) is 2. The van der Waals surface area contributed by atoms with Gasteiger partial charge in [0.1, 0.15) is 10.7 Å². The Bertz CT molecular complexity index is 708. The number of benzene rings is 1. The second-order valence-electron chi connectivity index (χ2n) is 6.58. The van der Waals surface area contributed by atoms with Crippen LogP contribution >= 0.6 is 11.3 Å². The van der Waals surface area contributed by atoms with Crippen LogP contribution in [0.4, 0.5) is 4.39 Å². The molecule has 4 nitrogen and oxygen atoms in total. The van der Waals surface area contributed by atoms with E-state index in [4.69, 9.17) is 0 Å². The van der Waals surface area contributed by atoms with E-state index in [1.54, 1.807) is 12.1 Å². The van der Waals surface area contributed by atoms with Gasteiger partial charge in [-0.15, -0.1) is 11.3 Å². The molecule has 1 fully saturated rings. The van der Waals surface area contributed by atoms with E-state index in [9.17, 15) is 9.18 Å². The van der Waals surface area contributed by atoms with Gasteiger partial charge in [-0.2, -0.15) is 0 Å². The average molecular weight is 361 g/mol. The molecular formula is C19H24FN3OS. The van der Waals surface area contributed by atoms with Gasteiger partial charge in [0.25, 0.3) is 5.91 Å². The summed E-state index contributed by atoms with van der Waals surface area (Å²) in [6.45, 7) is 4.73. The van der Waals surface area contributed by atoms with Crippen molar-refractivity contribution < 1.29 is 9.18 Å². The molecule has 0 bridgehead atoms. The van der Waals surface area contributed by atoms with Crippen molar-refractivity contribution >= 4 is 17.2 Å². The Morgan fingerprint density at radius 2 is 2.20 bits per heavy atom. The molecule has 0 saturated carbocycles. The third-order valence-corrected chi connectivity index (χ3v) is 5.71. The number of nitrogens with zero attached hydrogens (tertiary/aromatic N) is 1. The van der Waals surface area contributed by atoms with Gasteiger partial charge in [0.2, 0.25) is 0 Å². The molecule has 1 atom stereocenters. The lowest BCUT2D eigenvalue weighted by atomic mass is 9.96. The summed E-state index contributed by atoms with van der Waals surface area (Å²) in [5.74, 6) is 0.377. The number of carbonyl (C=O) groups excluding carboxylic acids is 1. The van der Waals surface area contributed by atoms with Gasteiger partial charge in [0.05, 0.1) is 10.7 Å². The fourth-order valence-electron chi connectivity index (χ4n) is 3.16. The van der Waals surface area contributed by atoms with Crippen LogP contribution in [0.5, 0.6) is 0 Å². The molecule has 2 aromatic rings. The predicted molar refractivity (Wildman–Crippen MR) is 98.6 cm³/mol. The number of aromatic nitrogens is 1. The number of hydrogen-bond acceptors (Lipinski definition) is 4. The lowest BCUT2D eigenvalue weighted by Gasteiger charge is -2.22. The summed E-state index contributed by atoms with van der Waals surface area (Å²) in [5, 5.41) is 7.31. The number of hydrogen-bond donors (Lipinski definition) is 2. The lowest BCUT2D eigenvalue weighted by molar-refractivity contribution is 0.0954. The van der Waals surface area contributed by atoms with E-state index in [1.165, 1.54) is 36.3 Å². The molecule has 2 N–H and O–H groups in total. The topological polar surface area (TPSA) is 54.0 Å². The van der Waals surface area contributed by atoms with Crippen molar-refractivity contribution in [2.45, 2.75) is 32.6 Å². The molecule has 1 aliphatic heterocycles. The van der Waals surface area contributed by atoms with E-state index >= 15 is 0 Å². The summed E-state index contributed by atoms with van der Waals surface area (Å²) in [7, 11) is 0. The summed E-state index contributed by atoms with van der Waals surface area (Å²) >= 11 is 1.42. The maximum Gasteiger partial charge on any atom is 0.263 e. The van der Waals surface area contributed by atoms with Crippen LogP contribution < -0.4 is 10.6 Å². The van der Waals surface area contributed by atoms with Crippen molar-refractivity contribution in [3.8, 4) is 0 Å². The molecule has 0 spiro atoms. The van der Waals surface area contributed by atoms with Crippen molar-refractivity contribution in [3.05, 3.63) is 51.2 Å². The van der Waals surface area contributed by atoms with Crippen LogP contribution in [-0.2, 0) is 6.42 Å². The lowest BCUT2D eigenvalue weighted by Crippen LogP contribution is -2.33. The van der Waals surface area contributed by atoms with E-state index in [0.29, 0.717) is 23.8 Å². The second-order valence-corrected chi connectivity index (χ2v) is 7.67. The van der Waals surface area contributed by atoms with Gasteiger partial charge in [-0.25, -0.2) is 9.37 Å². The molecule has 1 aromatic heterocycles. The van der Waals surface area contributed by atoms with Gasteiger partial charge in [-0.3, -0.25) is 4.79 Å². The molecule has 1 aromatic carbocycles. The second kappa shape index (κ2) is 8.54. The van der Waals surface area contributed by atoms with Crippen molar-refractivity contribution in [1.82, 2.24) is 15.6 Å². The highest BCUT2D eigenvalue weighted by Gasteiger charge is 2.17. The average Bonchev–Trinajstić information content (AvgIpc) is 2.98. The van der Waals surface area contributed by atoms with Crippen LogP contribution in [0.1, 0.15) is 45.2 Å². The summed E-state index contributed by atoms with van der Waals surface area (Å²) in [5.41, 5.74) is 1.76. The molecule has 1 unspecified atom stereocenters. The highest BCUT2D eigenvalue weighted by molar-refractivity contribution is 7.13. The molecule has 3 rings (SSSR count). The van der Waals surface area contributed by atoms with E-state index in [1.807, 2.05) is 6.92 Å². The minimum atomic E-state index is -0.243. The van der Waals surface area contributed by atoms with Gasteiger partial charge >= 0.3 is 0 Å². The summed E-state index contributed by atoms with van der Waals surface area (Å²) in [6.07, 6.45) is 4.09. The summed E-state index contributed by atoms with van der Waals surface area (Å²) < 4.78 is 13.0. The third kappa shape index (κ3) is 5.09. The standard InChI is InChI=1S/C19H24FN3OS/c1-13-18(19(24)22-10-8-15-3-2-9-21-12-15)25-17(23-13)11-14-4-6-16(20)7-5-14/h4-7,15,21H,2-3,8-12H2,1H3,(H,22,24). The van der Waals surface area contributed by atoms with Crippen molar-refractivity contribution in [1.29, 1.82) is 0 Å². The van der Waals surface area contributed by atoms with Gasteiger partial charge in [0.15, 0.2) is 0 Å². The first-order valence-electron chi connectivity index (χ1n) is 8.81. The quantitative estimate of drug-likeness (QED) is 0.830. The monoisotopic (exact) mass is 361 g/mol. The minimum Gasteiger partial charge on any atom is -0.351 e. The molecule has 1 saturated heterocycles. The first kappa shape index (κ1) is 18.0. The Morgan fingerprint density at radius 3 is 2.92 bits per heavy atom. The van der Waals surface area contributed by atoms with Gasteiger partial charge < -0.3 is 10.6 Å². The number of aryl methyl sites for hydroxylation is 1. The van der Waals surface area contributed by atoms with Crippen LogP contribution in [0.25, 0.3) is 0 Å². The Balaban J connectivity index is 1.53. The number of piperidine rings is 1. The molecule has 2 heterocycles. The first-order chi connectivity index (χ1) is 12.1. The van der Waals surface area contributed by atoms with Gasteiger partial charge in [0, 0.05) is 13.0 Å². The van der Waals surface area contributed by atoms with E-state index in [-0.39, 0.29) is 11.7 Å². The number of carbonyl (C=O) groups is 1. The van der Waals surface area contributed by atoms with Crippen LogP contribution in [0.3, 0.4) is 0 Å². The number of halogens is 1. The summed E-state index contributed by atoms with van der Waals surface area (Å²) in [4.78, 5) is 17.6. The van der Waals surface area contributed by atoms with Crippen LogP contribution in [-0.4, -0.2) is 30.5 Å². The van der Waals surface area contributed by atoms with Crippen molar-refractivity contribution in [3.63, 3.8) is 0 Å². The molecule has 0 aliphatic carbocycles. The fourth-order valence-corrected chi connectivity index (χ4v) is 4.17. The minimum absolute atomic E-state index is 0.0378. The van der Waals surface area contributed by atoms with Crippen LogP contribution in [0.2, 0.25) is 0 Å². The zero-order valence-electron chi connectivity index (χ0n) is 14.5. The largest absolute Gasteiger partial charge is 0.351 e. The van der Waals surface area contributed by atoms with Gasteiger partial charge in [-0.1, -0.05) is 12.1 Å². The molecule has 25 heavy (non-hydrogen) atoms. The van der Waals surface area contributed by atoms with E-state index in [0.717, 1.165) is 35.8 Å². The van der Waals surface area contributed by atoms with Gasteiger partial charge in [-0.05, 0) is 62.9 Å². The van der Waals surface area contributed by atoms with Crippen LogP contribution in [0.15, 0.2) is 24.3 Å². The third-order valence-electron chi connectivity index (χ3n) is 4.55. The summed E-state index contributed by atoms with van der Waals surface area (Å²) in [6, 6.07) is 6.40. The Kier molecular flexibility index (Phi) is 6.15. The SMILES string of the molecule is Cc1nc(Cc2ccc(F)cc2)sc1C(=O)NCCC1CCCNC1. The predicted octanol–water partition coefficient (Wildman–Crippen LogP) is 3.30. The highest BCUT2D eigenvalue weighted by atomic mass is 32.1. The zero-order chi connectivity index (χ0) is 17.6. The number of amides is 1. The normalized spacial score (nSPS) is 17.4. The first-order valence-corrected chi connectivity index (χ1v) is 9.63. The smallest absolute Gasteiger partial charge is 0.263 e. The Morgan fingerprint density at radius 1 is 1.40 bits per heavy atom. The van der Waals surface area contributed by atoms with Crippen molar-refractivity contribution in [2.24, 2.45) is 5.92 Å². The number of thiazole rings is 1. The van der Waals surface area contributed by atoms with E-state index < -0.39 is 0 Å². The molecule has 134 valence electrons. The molecule has 6 heteroatoms. The Labute approximate surface area is 151 Å². The molecule has 0 radical (unpaired) electrons. The van der Waals surface area contributed by atoms with E-state index in [2.05, 4.69) is 15.6 Å². The zero-order valence-corrected chi connectivity index (χ0v) is 15.3. The number of rotatable bonds is 6.